The van der Waals surface area contributed by atoms with Gasteiger partial charge >= 0.3 is 0 Å². The highest BCUT2D eigenvalue weighted by Gasteiger charge is 2.18. The first-order valence-corrected chi connectivity index (χ1v) is 7.47. The smallest absolute Gasteiger partial charge is 0.237 e. The minimum absolute atomic E-state index is 0.385. The fraction of sp³-hybridized carbons (Fsp3) is 0.583. The van der Waals surface area contributed by atoms with E-state index in [1.807, 2.05) is 19.1 Å². The second kappa shape index (κ2) is 6.00. The fourth-order valence-electron chi connectivity index (χ4n) is 1.91. The van der Waals surface area contributed by atoms with Crippen molar-refractivity contribution in [2.24, 2.45) is 0 Å². The van der Waals surface area contributed by atoms with Crippen LogP contribution in [0.15, 0.2) is 18.3 Å². The van der Waals surface area contributed by atoms with Crippen LogP contribution in [0.25, 0.3) is 0 Å². The summed E-state index contributed by atoms with van der Waals surface area (Å²) in [4.78, 5) is 4.20. The highest BCUT2D eigenvalue weighted by molar-refractivity contribution is 7.85. The van der Waals surface area contributed by atoms with Crippen molar-refractivity contribution in [2.45, 2.75) is 25.8 Å². The van der Waals surface area contributed by atoms with Gasteiger partial charge in [-0.25, -0.2) is 4.98 Å². The van der Waals surface area contributed by atoms with Gasteiger partial charge in [0.1, 0.15) is 0 Å². The van der Waals surface area contributed by atoms with E-state index in [0.717, 1.165) is 30.0 Å². The van der Waals surface area contributed by atoms with Crippen LogP contribution in [0, 0.1) is 0 Å². The van der Waals surface area contributed by atoms with Crippen molar-refractivity contribution in [1.29, 1.82) is 0 Å². The van der Waals surface area contributed by atoms with E-state index in [4.69, 9.17) is 4.74 Å². The first-order chi connectivity index (χ1) is 8.29. The monoisotopic (exact) mass is 254 g/mol. The molecule has 0 radical (unpaired) electrons. The van der Waals surface area contributed by atoms with E-state index in [-0.39, 0.29) is 0 Å². The van der Waals surface area contributed by atoms with Crippen LogP contribution >= 0.6 is 0 Å². The number of nitrogens with one attached hydrogen (secondary N) is 1. The molecular weight excluding hydrogens is 236 g/mol. The molecule has 0 unspecified atom stereocenters. The van der Waals surface area contributed by atoms with Crippen LogP contribution in [-0.4, -0.2) is 33.3 Å². The van der Waals surface area contributed by atoms with Crippen molar-refractivity contribution in [3.05, 3.63) is 18.3 Å². The zero-order valence-electron chi connectivity index (χ0n) is 10.0. The number of ether oxygens (including phenoxy) is 1. The summed E-state index contributed by atoms with van der Waals surface area (Å²) in [5.74, 6) is 2.24. The van der Waals surface area contributed by atoms with E-state index in [9.17, 15) is 4.21 Å². The zero-order valence-corrected chi connectivity index (χ0v) is 10.8. The standard InChI is InChI=1S/C12H18N2O2S/c1-2-16-12-11(4-3-7-13-12)14-10-5-8-17(15)9-6-10/h3-4,7,10,14H,2,5-6,8-9H2,1H3. The van der Waals surface area contributed by atoms with Crippen LogP contribution in [-0.2, 0) is 10.8 Å². The highest BCUT2D eigenvalue weighted by atomic mass is 32.2. The molecule has 17 heavy (non-hydrogen) atoms. The molecule has 0 spiro atoms. The van der Waals surface area contributed by atoms with Gasteiger partial charge in [-0.2, -0.15) is 0 Å². The lowest BCUT2D eigenvalue weighted by atomic mass is 10.1. The summed E-state index contributed by atoms with van der Waals surface area (Å²) in [6.07, 6.45) is 3.63. The van der Waals surface area contributed by atoms with Crippen molar-refractivity contribution in [3.63, 3.8) is 0 Å². The molecule has 2 rings (SSSR count). The summed E-state index contributed by atoms with van der Waals surface area (Å²) in [7, 11) is -0.615. The number of rotatable bonds is 4. The molecule has 0 saturated carbocycles. The predicted molar refractivity (Wildman–Crippen MR) is 69.9 cm³/mol. The van der Waals surface area contributed by atoms with Gasteiger partial charge in [-0.1, -0.05) is 0 Å². The Morgan fingerprint density at radius 3 is 3.00 bits per heavy atom. The van der Waals surface area contributed by atoms with Crippen LogP contribution < -0.4 is 10.1 Å². The Morgan fingerprint density at radius 1 is 1.53 bits per heavy atom. The number of aromatic nitrogens is 1. The van der Waals surface area contributed by atoms with E-state index < -0.39 is 10.8 Å². The Hall–Kier alpha value is -1.10. The lowest BCUT2D eigenvalue weighted by Gasteiger charge is -2.24. The second-order valence-corrected chi connectivity index (χ2v) is 5.75. The molecule has 1 N–H and O–H groups in total. The molecule has 1 aliphatic rings. The normalized spacial score (nSPS) is 24.3. The summed E-state index contributed by atoms with van der Waals surface area (Å²) >= 11 is 0. The molecule has 0 aliphatic carbocycles. The molecule has 0 amide bonds. The quantitative estimate of drug-likeness (QED) is 0.890. The summed E-state index contributed by atoms with van der Waals surface area (Å²) in [5, 5.41) is 3.43. The first kappa shape index (κ1) is 12.4. The highest BCUT2D eigenvalue weighted by Crippen LogP contribution is 2.24. The van der Waals surface area contributed by atoms with Crippen molar-refractivity contribution in [2.75, 3.05) is 23.4 Å². The molecule has 5 heteroatoms. The van der Waals surface area contributed by atoms with Crippen LogP contribution in [0.3, 0.4) is 0 Å². The summed E-state index contributed by atoms with van der Waals surface area (Å²) in [6, 6.07) is 4.26. The van der Waals surface area contributed by atoms with Crippen molar-refractivity contribution < 1.29 is 8.95 Å². The molecule has 0 atom stereocenters. The zero-order chi connectivity index (χ0) is 12.1. The molecule has 1 aromatic rings. The lowest BCUT2D eigenvalue weighted by molar-refractivity contribution is 0.328. The van der Waals surface area contributed by atoms with Crippen LogP contribution in [0.4, 0.5) is 5.69 Å². The van der Waals surface area contributed by atoms with Crippen LogP contribution in [0.5, 0.6) is 5.88 Å². The third-order valence-electron chi connectivity index (χ3n) is 2.80. The largest absolute Gasteiger partial charge is 0.476 e. The maximum atomic E-state index is 11.3. The molecule has 1 fully saturated rings. The van der Waals surface area contributed by atoms with Gasteiger partial charge < -0.3 is 10.1 Å². The van der Waals surface area contributed by atoms with Crippen molar-refractivity contribution >= 4 is 16.5 Å². The topological polar surface area (TPSA) is 51.2 Å². The molecular formula is C12H18N2O2S. The van der Waals surface area contributed by atoms with Gasteiger partial charge in [0.25, 0.3) is 0 Å². The Labute approximate surface area is 104 Å². The van der Waals surface area contributed by atoms with E-state index in [2.05, 4.69) is 10.3 Å². The average Bonchev–Trinajstić information content (AvgIpc) is 2.35. The molecule has 0 aromatic carbocycles. The van der Waals surface area contributed by atoms with Gasteiger partial charge in [-0.15, -0.1) is 0 Å². The van der Waals surface area contributed by atoms with E-state index in [1.165, 1.54) is 0 Å². The second-order valence-electron chi connectivity index (χ2n) is 4.06. The molecule has 2 heterocycles. The van der Waals surface area contributed by atoms with E-state index >= 15 is 0 Å². The summed E-state index contributed by atoms with van der Waals surface area (Å²) in [5.41, 5.74) is 0.937. The van der Waals surface area contributed by atoms with Crippen molar-refractivity contribution in [1.82, 2.24) is 4.98 Å². The molecule has 1 aliphatic heterocycles. The Morgan fingerprint density at radius 2 is 2.29 bits per heavy atom. The van der Waals surface area contributed by atoms with Gasteiger partial charge in [0, 0.05) is 34.5 Å². The third-order valence-corrected chi connectivity index (χ3v) is 4.18. The molecule has 0 bridgehead atoms. The summed E-state index contributed by atoms with van der Waals surface area (Å²) < 4.78 is 16.7. The lowest BCUT2D eigenvalue weighted by Crippen LogP contribution is -2.29. The van der Waals surface area contributed by atoms with Gasteiger partial charge in [-0.05, 0) is 31.9 Å². The van der Waals surface area contributed by atoms with Gasteiger partial charge in [0.2, 0.25) is 5.88 Å². The van der Waals surface area contributed by atoms with Crippen LogP contribution in [0.1, 0.15) is 19.8 Å². The van der Waals surface area contributed by atoms with Crippen molar-refractivity contribution in [3.8, 4) is 5.88 Å². The third kappa shape index (κ3) is 3.43. The first-order valence-electron chi connectivity index (χ1n) is 5.99. The summed E-state index contributed by atoms with van der Waals surface area (Å²) in [6.45, 7) is 2.56. The number of anilines is 1. The maximum Gasteiger partial charge on any atom is 0.237 e. The van der Waals surface area contributed by atoms with Gasteiger partial charge in [0.05, 0.1) is 12.3 Å². The number of hydrogen-bond donors (Lipinski definition) is 1. The minimum Gasteiger partial charge on any atom is -0.476 e. The average molecular weight is 254 g/mol. The van der Waals surface area contributed by atoms with Gasteiger partial charge in [-0.3, -0.25) is 4.21 Å². The molecule has 1 saturated heterocycles. The minimum atomic E-state index is -0.615. The Balaban J connectivity index is 2.00. The maximum absolute atomic E-state index is 11.3. The predicted octanol–water partition coefficient (Wildman–Crippen LogP) is 1.80. The number of hydrogen-bond acceptors (Lipinski definition) is 4. The van der Waals surface area contributed by atoms with Gasteiger partial charge in [0.15, 0.2) is 0 Å². The fourth-order valence-corrected chi connectivity index (χ4v) is 3.21. The Bertz CT molecular complexity index is 388. The Kier molecular flexibility index (Phi) is 4.36. The molecule has 1 aromatic heterocycles. The number of nitrogens with zero attached hydrogens (tertiary/aromatic N) is 1. The van der Waals surface area contributed by atoms with E-state index in [1.54, 1.807) is 6.20 Å². The van der Waals surface area contributed by atoms with E-state index in [0.29, 0.717) is 18.5 Å². The SMILES string of the molecule is CCOc1ncccc1NC1CCS(=O)CC1. The van der Waals surface area contributed by atoms with Crippen LogP contribution in [0.2, 0.25) is 0 Å². The number of pyridine rings is 1. The molecule has 94 valence electrons. The molecule has 4 nitrogen and oxygen atoms in total.